The normalized spacial score (nSPS) is 11.4. The first-order valence-corrected chi connectivity index (χ1v) is 13.6. The number of aromatic nitrogens is 1. The van der Waals surface area contributed by atoms with Crippen molar-refractivity contribution in [2.75, 3.05) is 12.9 Å². The third-order valence-corrected chi connectivity index (χ3v) is 7.55. The molecule has 0 saturated heterocycles. The number of carboxylic acid groups (broad SMARTS) is 1. The van der Waals surface area contributed by atoms with Crippen molar-refractivity contribution in [1.82, 2.24) is 4.98 Å². The standard InChI is InChI=1S/C29H25NO6S.Na/c1-17-8-13-25(35-15-14-19-9-11-20(12-10-19)37(3,33)34)26-22(29(31)32)16-23(30-27(17)26)28-18(2)21-6-4-5-7-24(21)36-28;/h4-13,16H,14-15H2,1-3H3,(H,31,32);/q;+1/p-1. The molecule has 0 radical (unpaired) electrons. The summed E-state index contributed by atoms with van der Waals surface area (Å²) in [6.07, 6.45) is 1.67. The van der Waals surface area contributed by atoms with Crippen LogP contribution in [0.3, 0.4) is 0 Å². The average molecular weight is 538 g/mol. The van der Waals surface area contributed by atoms with Gasteiger partial charge in [0, 0.05) is 29.2 Å². The van der Waals surface area contributed by atoms with Gasteiger partial charge in [0.1, 0.15) is 17.0 Å². The number of sulfone groups is 1. The molecule has 3 aromatic carbocycles. The SMILES string of the molecule is Cc1c(-c2cc(C(=O)[O-])c3c(OCCc4ccc(S(C)(=O)=O)cc4)ccc(C)c3n2)oc2ccccc12.[Na+]. The molecular formula is C29H24NNaO6S. The van der Waals surface area contributed by atoms with Crippen LogP contribution < -0.4 is 39.4 Å². The molecule has 5 aromatic rings. The van der Waals surface area contributed by atoms with Crippen LogP contribution >= 0.6 is 0 Å². The van der Waals surface area contributed by atoms with Crippen molar-refractivity contribution < 1.29 is 57.0 Å². The molecule has 0 atom stereocenters. The zero-order valence-corrected chi connectivity index (χ0v) is 24.4. The van der Waals surface area contributed by atoms with E-state index in [4.69, 9.17) is 14.1 Å². The van der Waals surface area contributed by atoms with E-state index in [1.54, 1.807) is 30.3 Å². The fourth-order valence-corrected chi connectivity index (χ4v) is 5.07. The van der Waals surface area contributed by atoms with Crippen molar-refractivity contribution in [3.8, 4) is 17.2 Å². The molecule has 9 heteroatoms. The van der Waals surface area contributed by atoms with Gasteiger partial charge in [0.25, 0.3) is 0 Å². The smallest absolute Gasteiger partial charge is 0.545 e. The van der Waals surface area contributed by atoms with E-state index >= 15 is 0 Å². The van der Waals surface area contributed by atoms with Crippen LogP contribution in [-0.2, 0) is 16.3 Å². The molecule has 0 fully saturated rings. The Kier molecular flexibility index (Phi) is 7.99. The number of benzene rings is 3. The molecule has 0 amide bonds. The summed E-state index contributed by atoms with van der Waals surface area (Å²) < 4.78 is 35.4. The minimum Gasteiger partial charge on any atom is -0.545 e. The predicted molar refractivity (Wildman–Crippen MR) is 140 cm³/mol. The number of carbonyl (C=O) groups is 1. The average Bonchev–Trinajstić information content (AvgIpc) is 3.21. The summed E-state index contributed by atoms with van der Waals surface area (Å²) in [5.74, 6) is -0.448. The maximum Gasteiger partial charge on any atom is 1.00 e. The van der Waals surface area contributed by atoms with Crippen LogP contribution in [0.5, 0.6) is 5.75 Å². The number of hydrogen-bond acceptors (Lipinski definition) is 7. The van der Waals surface area contributed by atoms with E-state index < -0.39 is 15.8 Å². The summed E-state index contributed by atoms with van der Waals surface area (Å²) >= 11 is 0. The summed E-state index contributed by atoms with van der Waals surface area (Å²) in [7, 11) is -3.27. The van der Waals surface area contributed by atoms with Gasteiger partial charge in [-0.1, -0.05) is 36.4 Å². The summed E-state index contributed by atoms with van der Waals surface area (Å²) in [6, 6.07) is 19.2. The summed E-state index contributed by atoms with van der Waals surface area (Å²) in [6.45, 7) is 4.03. The second kappa shape index (κ2) is 10.9. The number of carboxylic acids is 1. The van der Waals surface area contributed by atoms with E-state index in [0.717, 1.165) is 28.3 Å². The Bertz CT molecular complexity index is 1780. The molecule has 2 aromatic heterocycles. The number of furan rings is 1. The summed E-state index contributed by atoms with van der Waals surface area (Å²) in [5.41, 5.74) is 4.12. The topological polar surface area (TPSA) is 110 Å². The third kappa shape index (κ3) is 5.35. The molecule has 0 spiro atoms. The number of carbonyl (C=O) groups excluding carboxylic acids is 1. The Morgan fingerprint density at radius 1 is 1.03 bits per heavy atom. The number of hydrogen-bond donors (Lipinski definition) is 0. The van der Waals surface area contributed by atoms with Gasteiger partial charge in [0.05, 0.1) is 28.4 Å². The van der Waals surface area contributed by atoms with Gasteiger partial charge in [-0.15, -0.1) is 0 Å². The number of rotatable bonds is 7. The van der Waals surface area contributed by atoms with E-state index in [9.17, 15) is 18.3 Å². The Morgan fingerprint density at radius 3 is 2.39 bits per heavy atom. The number of nitrogens with zero attached hydrogens (tertiary/aromatic N) is 1. The number of fused-ring (bicyclic) bond motifs is 2. The fourth-order valence-electron chi connectivity index (χ4n) is 4.44. The molecule has 0 saturated carbocycles. The van der Waals surface area contributed by atoms with Gasteiger partial charge in [-0.2, -0.15) is 0 Å². The predicted octanol–water partition coefficient (Wildman–Crippen LogP) is 1.66. The van der Waals surface area contributed by atoms with Crippen LogP contribution in [0.1, 0.15) is 27.0 Å². The molecule has 188 valence electrons. The Labute approximate surface area is 242 Å². The Morgan fingerprint density at radius 2 is 1.74 bits per heavy atom. The first-order chi connectivity index (χ1) is 17.6. The van der Waals surface area contributed by atoms with E-state index in [1.165, 1.54) is 6.07 Å². The van der Waals surface area contributed by atoms with Crippen LogP contribution in [-0.4, -0.2) is 32.2 Å². The van der Waals surface area contributed by atoms with Gasteiger partial charge in [0.15, 0.2) is 15.6 Å². The molecule has 2 heterocycles. The molecule has 0 aliphatic carbocycles. The van der Waals surface area contributed by atoms with Crippen molar-refractivity contribution >= 4 is 37.7 Å². The number of pyridine rings is 1. The molecule has 0 aliphatic rings. The monoisotopic (exact) mass is 537 g/mol. The number of aryl methyl sites for hydroxylation is 2. The van der Waals surface area contributed by atoms with Gasteiger partial charge >= 0.3 is 29.6 Å². The molecule has 0 unspecified atom stereocenters. The summed E-state index contributed by atoms with van der Waals surface area (Å²) in [5, 5.41) is 13.6. The molecule has 0 aliphatic heterocycles. The van der Waals surface area contributed by atoms with Crippen molar-refractivity contribution in [1.29, 1.82) is 0 Å². The zero-order chi connectivity index (χ0) is 26.3. The van der Waals surface area contributed by atoms with Crippen LogP contribution in [0.4, 0.5) is 0 Å². The molecule has 0 N–H and O–H groups in total. The second-order valence-corrected chi connectivity index (χ2v) is 11.0. The van der Waals surface area contributed by atoms with Gasteiger partial charge in [-0.25, -0.2) is 13.4 Å². The van der Waals surface area contributed by atoms with Gasteiger partial charge in [0.2, 0.25) is 0 Å². The zero-order valence-electron chi connectivity index (χ0n) is 21.6. The van der Waals surface area contributed by atoms with Crippen LogP contribution in [0.2, 0.25) is 0 Å². The summed E-state index contributed by atoms with van der Waals surface area (Å²) in [4.78, 5) is 17.3. The third-order valence-electron chi connectivity index (χ3n) is 6.42. The van der Waals surface area contributed by atoms with Crippen molar-refractivity contribution in [2.45, 2.75) is 25.2 Å². The van der Waals surface area contributed by atoms with E-state index in [0.29, 0.717) is 40.1 Å². The maximum atomic E-state index is 12.3. The molecular weight excluding hydrogens is 513 g/mol. The molecule has 7 nitrogen and oxygen atoms in total. The fraction of sp³-hybridized carbons (Fsp3) is 0.172. The molecule has 38 heavy (non-hydrogen) atoms. The van der Waals surface area contributed by atoms with E-state index in [2.05, 4.69) is 0 Å². The van der Waals surface area contributed by atoms with Gasteiger partial charge in [-0.3, -0.25) is 0 Å². The molecule has 0 bridgehead atoms. The van der Waals surface area contributed by atoms with E-state index in [1.807, 2.05) is 44.2 Å². The number of aromatic carboxylic acids is 1. The number of para-hydroxylation sites is 1. The van der Waals surface area contributed by atoms with Gasteiger partial charge < -0.3 is 19.1 Å². The molecule has 5 rings (SSSR count). The minimum atomic E-state index is -3.27. The van der Waals surface area contributed by atoms with Crippen LogP contribution in [0.25, 0.3) is 33.3 Å². The second-order valence-electron chi connectivity index (χ2n) is 9.01. The van der Waals surface area contributed by atoms with E-state index in [-0.39, 0.29) is 46.6 Å². The first kappa shape index (κ1) is 27.9. The Balaban J connectivity index is 0.00000336. The number of ether oxygens (including phenoxy) is 1. The van der Waals surface area contributed by atoms with Crippen molar-refractivity contribution in [2.24, 2.45) is 0 Å². The maximum absolute atomic E-state index is 12.3. The van der Waals surface area contributed by atoms with Gasteiger partial charge in [-0.05, 0) is 55.3 Å². The van der Waals surface area contributed by atoms with Crippen LogP contribution in [0.15, 0.2) is 76.0 Å². The first-order valence-electron chi connectivity index (χ1n) is 11.7. The quantitative estimate of drug-likeness (QED) is 0.291. The largest absolute Gasteiger partial charge is 1.00 e. The minimum absolute atomic E-state index is 0. The van der Waals surface area contributed by atoms with Crippen LogP contribution in [0, 0.1) is 13.8 Å². The Hall–Kier alpha value is -3.17. The van der Waals surface area contributed by atoms with Crippen molar-refractivity contribution in [3.05, 3.63) is 89.0 Å². The van der Waals surface area contributed by atoms with Crippen molar-refractivity contribution in [3.63, 3.8) is 0 Å².